The molecule has 0 aliphatic heterocycles. The van der Waals surface area contributed by atoms with Crippen LogP contribution in [0.2, 0.25) is 0 Å². The lowest BCUT2D eigenvalue weighted by Crippen LogP contribution is -2.56. The van der Waals surface area contributed by atoms with E-state index in [1.165, 1.54) is 6.92 Å². The number of Topliss-reactive ketones (excluding diaryl/α,β-unsaturated/α-hetero) is 1. The lowest BCUT2D eigenvalue weighted by molar-refractivity contribution is -0.150. The van der Waals surface area contributed by atoms with Crippen LogP contribution in [0.25, 0.3) is 0 Å². The highest BCUT2D eigenvalue weighted by Crippen LogP contribution is 2.49. The van der Waals surface area contributed by atoms with Gasteiger partial charge in [-0.3, -0.25) is 14.4 Å². The first-order valence-corrected chi connectivity index (χ1v) is 14.7. The molecule has 7 nitrogen and oxygen atoms in total. The third-order valence-electron chi connectivity index (χ3n) is 8.17. The van der Waals surface area contributed by atoms with Gasteiger partial charge in [-0.2, -0.15) is 0 Å². The van der Waals surface area contributed by atoms with E-state index < -0.39 is 41.0 Å². The van der Waals surface area contributed by atoms with E-state index in [0.717, 1.165) is 35.1 Å². The quantitative estimate of drug-likeness (QED) is 0.204. The molecule has 0 spiro atoms. The maximum Gasteiger partial charge on any atom is 0.235 e. The number of aliphatic hydroxyl groups is 1. The van der Waals surface area contributed by atoms with Gasteiger partial charge in [0, 0.05) is 23.7 Å². The Morgan fingerprint density at radius 2 is 1.48 bits per heavy atom. The summed E-state index contributed by atoms with van der Waals surface area (Å²) in [5.41, 5.74) is 3.71. The number of benzene rings is 3. The van der Waals surface area contributed by atoms with Crippen LogP contribution in [0.1, 0.15) is 66.8 Å². The van der Waals surface area contributed by atoms with Crippen LogP contribution in [0.3, 0.4) is 0 Å². The first-order chi connectivity index (χ1) is 19.9. The largest absolute Gasteiger partial charge is 0.493 e. The first kappa shape index (κ1) is 31.0. The summed E-state index contributed by atoms with van der Waals surface area (Å²) in [6.45, 7) is 11.7. The standard InChI is InChI=1S/C35H42N2O5/c1-7-8-17-42-29-12-10-9-11-25(29)30-31(33(39)36-26-18-21(2)13-15-23(26)4)28(38)20-35(6,41)32(30)34(40)37-27-19-22(3)14-16-24(27)5/h9-16,18-19,30-32,41H,7-8,17,20H2,1-6H3,(H,36,39)(H,37,40). The minimum atomic E-state index is -1.71. The van der Waals surface area contributed by atoms with Crippen molar-refractivity contribution >= 4 is 29.0 Å². The van der Waals surface area contributed by atoms with Gasteiger partial charge in [0.25, 0.3) is 0 Å². The fourth-order valence-corrected chi connectivity index (χ4v) is 5.84. The molecule has 0 bridgehead atoms. The lowest BCUT2D eigenvalue weighted by atomic mass is 9.61. The highest BCUT2D eigenvalue weighted by Gasteiger charge is 2.56. The van der Waals surface area contributed by atoms with Gasteiger partial charge in [0.1, 0.15) is 17.5 Å². The summed E-state index contributed by atoms with van der Waals surface area (Å²) in [7, 11) is 0. The van der Waals surface area contributed by atoms with E-state index in [1.807, 2.05) is 70.2 Å². The molecule has 7 heteroatoms. The van der Waals surface area contributed by atoms with E-state index in [1.54, 1.807) is 18.2 Å². The molecule has 4 rings (SSSR count). The summed E-state index contributed by atoms with van der Waals surface area (Å²) >= 11 is 0. The lowest BCUT2D eigenvalue weighted by Gasteiger charge is -2.44. The van der Waals surface area contributed by atoms with Crippen LogP contribution in [-0.4, -0.2) is 34.9 Å². The fourth-order valence-electron chi connectivity index (χ4n) is 5.84. The van der Waals surface area contributed by atoms with E-state index in [4.69, 9.17) is 4.74 Å². The van der Waals surface area contributed by atoms with E-state index in [-0.39, 0.29) is 6.42 Å². The number of para-hydroxylation sites is 1. The summed E-state index contributed by atoms with van der Waals surface area (Å²) in [6.07, 6.45) is 1.42. The monoisotopic (exact) mass is 570 g/mol. The molecule has 3 N–H and O–H groups in total. The minimum Gasteiger partial charge on any atom is -0.493 e. The number of unbranched alkanes of at least 4 members (excludes halogenated alkanes) is 1. The third kappa shape index (κ3) is 6.73. The van der Waals surface area contributed by atoms with Crippen LogP contribution in [0.15, 0.2) is 60.7 Å². The van der Waals surface area contributed by atoms with Crippen molar-refractivity contribution in [3.8, 4) is 5.75 Å². The molecule has 1 aliphatic carbocycles. The van der Waals surface area contributed by atoms with E-state index in [9.17, 15) is 19.5 Å². The van der Waals surface area contributed by atoms with Gasteiger partial charge in [-0.25, -0.2) is 0 Å². The van der Waals surface area contributed by atoms with Gasteiger partial charge in [-0.1, -0.05) is 55.8 Å². The topological polar surface area (TPSA) is 105 Å². The van der Waals surface area contributed by atoms with Crippen molar-refractivity contribution in [2.24, 2.45) is 11.8 Å². The SMILES string of the molecule is CCCCOc1ccccc1C1C(C(=O)Nc2cc(C)ccc2C)C(=O)CC(C)(O)C1C(=O)Nc1cc(C)ccc1C. The van der Waals surface area contributed by atoms with Gasteiger partial charge in [-0.05, 0) is 87.1 Å². The maximum atomic E-state index is 14.2. The van der Waals surface area contributed by atoms with Crippen molar-refractivity contribution in [2.75, 3.05) is 17.2 Å². The van der Waals surface area contributed by atoms with Crippen LogP contribution in [0.5, 0.6) is 5.75 Å². The molecule has 4 unspecified atom stereocenters. The predicted octanol–water partition coefficient (Wildman–Crippen LogP) is 6.42. The molecule has 0 aromatic heterocycles. The van der Waals surface area contributed by atoms with Crippen molar-refractivity contribution in [1.82, 2.24) is 0 Å². The Labute approximate surface area is 248 Å². The summed E-state index contributed by atoms with van der Waals surface area (Å²) in [5, 5.41) is 17.7. The van der Waals surface area contributed by atoms with Crippen molar-refractivity contribution in [1.29, 1.82) is 0 Å². The van der Waals surface area contributed by atoms with Gasteiger partial charge in [0.2, 0.25) is 11.8 Å². The molecule has 3 aromatic carbocycles. The number of hydrogen-bond acceptors (Lipinski definition) is 5. The number of carbonyl (C=O) groups excluding carboxylic acids is 3. The second-order valence-corrected chi connectivity index (χ2v) is 11.8. The zero-order valence-electron chi connectivity index (χ0n) is 25.4. The number of nitrogens with one attached hydrogen (secondary N) is 2. The molecular weight excluding hydrogens is 528 g/mol. The summed E-state index contributed by atoms with van der Waals surface area (Å²) < 4.78 is 6.14. The first-order valence-electron chi connectivity index (χ1n) is 14.7. The number of ketones is 1. The Morgan fingerprint density at radius 1 is 0.905 bits per heavy atom. The molecule has 2 amide bonds. The van der Waals surface area contributed by atoms with Gasteiger partial charge >= 0.3 is 0 Å². The number of aryl methyl sites for hydroxylation is 4. The summed E-state index contributed by atoms with van der Waals surface area (Å²) in [6, 6.07) is 18.7. The van der Waals surface area contributed by atoms with Crippen LogP contribution < -0.4 is 15.4 Å². The van der Waals surface area contributed by atoms with Crippen molar-refractivity contribution in [2.45, 2.75) is 72.3 Å². The number of amides is 2. The van der Waals surface area contributed by atoms with Gasteiger partial charge in [0.05, 0.1) is 18.1 Å². The second kappa shape index (κ2) is 12.9. The number of hydrogen-bond donors (Lipinski definition) is 3. The number of rotatable bonds is 9. The van der Waals surface area contributed by atoms with E-state index >= 15 is 0 Å². The highest BCUT2D eigenvalue weighted by molar-refractivity contribution is 6.11. The zero-order valence-corrected chi connectivity index (χ0v) is 25.4. The van der Waals surface area contributed by atoms with Gasteiger partial charge in [-0.15, -0.1) is 0 Å². The van der Waals surface area contributed by atoms with Crippen LogP contribution >= 0.6 is 0 Å². The Hall–Kier alpha value is -3.97. The van der Waals surface area contributed by atoms with Crippen molar-refractivity contribution in [3.05, 3.63) is 88.5 Å². The molecule has 0 heterocycles. The molecule has 1 fully saturated rings. The fraction of sp³-hybridized carbons (Fsp3) is 0.400. The second-order valence-electron chi connectivity index (χ2n) is 11.8. The Kier molecular flexibility index (Phi) is 9.52. The molecule has 1 saturated carbocycles. The zero-order chi connectivity index (χ0) is 30.6. The Morgan fingerprint density at radius 3 is 2.07 bits per heavy atom. The minimum absolute atomic E-state index is 0.335. The average Bonchev–Trinajstić information content (AvgIpc) is 2.92. The average molecular weight is 571 g/mol. The normalized spacial score (nSPS) is 22.0. The Balaban J connectivity index is 1.83. The molecule has 4 atom stereocenters. The van der Waals surface area contributed by atoms with Crippen LogP contribution in [-0.2, 0) is 14.4 Å². The molecule has 0 radical (unpaired) electrons. The smallest absolute Gasteiger partial charge is 0.235 e. The summed E-state index contributed by atoms with van der Waals surface area (Å²) in [5.74, 6) is -4.23. The molecular formula is C35H42N2O5. The van der Waals surface area contributed by atoms with Crippen molar-refractivity contribution in [3.63, 3.8) is 0 Å². The molecule has 1 aliphatic rings. The molecule has 0 saturated heterocycles. The number of ether oxygens (including phenoxy) is 1. The number of anilines is 2. The molecule has 42 heavy (non-hydrogen) atoms. The van der Waals surface area contributed by atoms with Crippen LogP contribution in [0.4, 0.5) is 11.4 Å². The third-order valence-corrected chi connectivity index (χ3v) is 8.17. The van der Waals surface area contributed by atoms with E-state index in [2.05, 4.69) is 17.6 Å². The van der Waals surface area contributed by atoms with E-state index in [0.29, 0.717) is 29.3 Å². The van der Waals surface area contributed by atoms with Gasteiger partial charge in [0.15, 0.2) is 0 Å². The highest BCUT2D eigenvalue weighted by atomic mass is 16.5. The van der Waals surface area contributed by atoms with Crippen molar-refractivity contribution < 1.29 is 24.2 Å². The maximum absolute atomic E-state index is 14.2. The molecule has 222 valence electrons. The van der Waals surface area contributed by atoms with Crippen LogP contribution in [0, 0.1) is 39.5 Å². The predicted molar refractivity (Wildman–Crippen MR) is 166 cm³/mol. The van der Waals surface area contributed by atoms with Gasteiger partial charge < -0.3 is 20.5 Å². The number of carbonyl (C=O) groups is 3. The summed E-state index contributed by atoms with van der Waals surface area (Å²) in [4.78, 5) is 42.0. The molecule has 3 aromatic rings. The Bertz CT molecular complexity index is 1480.